The topological polar surface area (TPSA) is 674 Å². The van der Waals surface area contributed by atoms with Gasteiger partial charge >= 0.3 is 5.97 Å². The zero-order valence-corrected chi connectivity index (χ0v) is 55.7. The van der Waals surface area contributed by atoms with Gasteiger partial charge in [-0.05, 0) is 78.0 Å². The summed E-state index contributed by atoms with van der Waals surface area (Å²) in [6.45, 7) is -3.26. The molecule has 42 heteroatoms. The lowest BCUT2D eigenvalue weighted by atomic mass is 10.0. The Morgan fingerprint density at radius 2 is 0.960 bits per heavy atom. The molecule has 2 aromatic rings. The van der Waals surface area contributed by atoms with Crippen molar-refractivity contribution in [1.82, 2.24) is 84.3 Å². The van der Waals surface area contributed by atoms with E-state index in [4.69, 9.17) is 16.6 Å². The zero-order chi connectivity index (χ0) is 75.8. The predicted octanol–water partition coefficient (Wildman–Crippen LogP) is -13.7. The van der Waals surface area contributed by atoms with Crippen LogP contribution in [0, 0.1) is 0 Å². The lowest BCUT2D eigenvalue weighted by molar-refractivity contribution is -0.143. The molecule has 1 aliphatic heterocycles. The molecule has 0 spiro atoms. The maximum Gasteiger partial charge on any atom is 0.328 e. The van der Waals surface area contributed by atoms with Gasteiger partial charge in [0, 0.05) is 30.1 Å². The number of carbonyl (C=O) groups excluding carboxylic acids is 15. The predicted molar refractivity (Wildman–Crippen MR) is 347 cm³/mol. The molecular formula is C59H92N18O24. The Balaban J connectivity index is 1.67. The number of nitrogens with two attached hydrogens (primary N) is 2. The fraction of sp³-hybridized carbons (Fsp3) is 0.593. The Bertz CT molecular complexity index is 3240. The molecule has 2 heterocycles. The number of aliphatic hydroxyl groups is 7. The molecule has 1 aromatic carbocycles. The molecule has 1 saturated heterocycles. The van der Waals surface area contributed by atoms with Gasteiger partial charge in [0.1, 0.15) is 66.5 Å². The number of carboxylic acid groups (broad SMARTS) is 1. The fourth-order valence-electron chi connectivity index (χ4n) is 9.73. The number of likely N-dealkylation sites (tertiary alicyclic amines) is 1. The number of aromatic nitrogens is 1. The molecule has 1 aromatic heterocycles. The average molecular weight is 1440 g/mol. The van der Waals surface area contributed by atoms with Crippen molar-refractivity contribution >= 4 is 105 Å². The minimum atomic E-state index is -1.86. The smallest absolute Gasteiger partial charge is 0.328 e. The first kappa shape index (κ1) is 85.1. The molecule has 1 aliphatic rings. The summed E-state index contributed by atoms with van der Waals surface area (Å²) in [5, 5.41) is 110. The number of fused-ring (bicyclic) bond motifs is 1. The summed E-state index contributed by atoms with van der Waals surface area (Å²) in [4.78, 5) is 213. The maximum atomic E-state index is 14.6. The lowest BCUT2D eigenvalue weighted by Gasteiger charge is -2.30. The molecular weight excluding hydrogens is 1340 g/mol. The van der Waals surface area contributed by atoms with E-state index in [-0.39, 0.29) is 38.8 Å². The number of hydrogen-bond acceptors (Lipinski definition) is 25. The molecule has 42 nitrogen and oxygen atoms in total. The number of carboxylic acids is 1. The van der Waals surface area contributed by atoms with Gasteiger partial charge in [-0.3, -0.25) is 71.9 Å². The normalized spacial score (nSPS) is 16.4. The fourth-order valence-corrected chi connectivity index (χ4v) is 9.73. The first-order valence-electron chi connectivity index (χ1n) is 31.8. The Morgan fingerprint density at radius 3 is 1.52 bits per heavy atom. The van der Waals surface area contributed by atoms with Crippen LogP contribution in [0.2, 0.25) is 0 Å². The number of hydrogen-bond donors (Lipinski definition) is 25. The van der Waals surface area contributed by atoms with Crippen molar-refractivity contribution in [2.75, 3.05) is 72.2 Å². The van der Waals surface area contributed by atoms with Gasteiger partial charge in [0.25, 0.3) is 0 Å². The van der Waals surface area contributed by atoms with Crippen molar-refractivity contribution in [1.29, 1.82) is 0 Å². The largest absolute Gasteiger partial charge is 0.480 e. The quantitative estimate of drug-likeness (QED) is 0.0274. The van der Waals surface area contributed by atoms with Crippen LogP contribution in [0.3, 0.4) is 0 Å². The number of aliphatic carboxylic acids is 1. The molecule has 0 bridgehead atoms. The van der Waals surface area contributed by atoms with Crippen LogP contribution >= 0.6 is 0 Å². The minimum absolute atomic E-state index is 0.00933. The van der Waals surface area contributed by atoms with Crippen molar-refractivity contribution in [3.05, 3.63) is 36.0 Å². The Kier molecular flexibility index (Phi) is 36.1. The van der Waals surface area contributed by atoms with Crippen LogP contribution in [0.25, 0.3) is 10.9 Å². The van der Waals surface area contributed by atoms with Crippen LogP contribution in [-0.2, 0) is 83.1 Å². The van der Waals surface area contributed by atoms with E-state index in [0.717, 1.165) is 27.7 Å². The number of aromatic amines is 1. The second kappa shape index (κ2) is 42.8. The van der Waals surface area contributed by atoms with Crippen LogP contribution in [0.1, 0.15) is 65.4 Å². The summed E-state index contributed by atoms with van der Waals surface area (Å²) in [6, 6.07) is -10.9. The summed E-state index contributed by atoms with van der Waals surface area (Å²) in [7, 11) is 0. The van der Waals surface area contributed by atoms with Crippen molar-refractivity contribution in [3.63, 3.8) is 0 Å². The molecule has 0 radical (unpaired) electrons. The van der Waals surface area contributed by atoms with Crippen LogP contribution in [0.4, 0.5) is 0 Å². The Labute approximate surface area is 576 Å². The van der Waals surface area contributed by atoms with Crippen molar-refractivity contribution in [3.8, 4) is 0 Å². The molecule has 0 unspecified atom stereocenters. The van der Waals surface area contributed by atoms with Gasteiger partial charge in [0.2, 0.25) is 88.6 Å². The van der Waals surface area contributed by atoms with Crippen LogP contribution in [0.15, 0.2) is 30.5 Å². The first-order valence-corrected chi connectivity index (χ1v) is 31.8. The molecule has 3 rings (SSSR count). The minimum Gasteiger partial charge on any atom is -0.480 e. The number of unbranched alkanes of at least 4 members (excludes halogenated alkanes) is 1. The van der Waals surface area contributed by atoms with E-state index in [2.05, 4.69) is 74.1 Å². The van der Waals surface area contributed by atoms with E-state index >= 15 is 0 Å². The van der Waals surface area contributed by atoms with E-state index in [0.29, 0.717) is 29.3 Å². The summed E-state index contributed by atoms with van der Waals surface area (Å²) in [5.74, 6) is -17.1. The molecule has 14 atom stereocenters. The Morgan fingerprint density at radius 1 is 0.495 bits per heavy atom. The summed E-state index contributed by atoms with van der Waals surface area (Å²) in [5.41, 5.74) is 12.1. The third kappa shape index (κ3) is 27.5. The molecule has 27 N–H and O–H groups in total. The SMILES string of the molecule is C[C@H](NC(=O)[C@@H](NC(=O)CNC(=O)CNC(=O)[C@@H](NC(=O)CNC(=O)[C@H](CO)NC(=O)[C@H](CO)NC(=O)CN)[C@@H](C)O)[C@@H](C)O)C(=O)N[C@H](C(=O)N[C@@H](Cc1c[nH]c2ccccc12)C(=O)N[C@@H](CCCCN)C(=O)N1CCC[C@H]1C(=O)NCC(=O)N[C@@H](CO)C(=O)N[C@@H](CO)C(=O)O)[C@@H](C)O. The lowest BCUT2D eigenvalue weighted by Crippen LogP contribution is -2.62. The van der Waals surface area contributed by atoms with E-state index in [9.17, 15) is 112 Å². The molecule has 562 valence electrons. The third-order valence-electron chi connectivity index (χ3n) is 15.3. The number of nitrogens with one attached hydrogen (secondary N) is 15. The van der Waals surface area contributed by atoms with E-state index in [1.54, 1.807) is 30.5 Å². The highest BCUT2D eigenvalue weighted by molar-refractivity contribution is 6.00. The molecule has 101 heavy (non-hydrogen) atoms. The van der Waals surface area contributed by atoms with Gasteiger partial charge in [0.05, 0.1) is 77.5 Å². The highest BCUT2D eigenvalue weighted by atomic mass is 16.4. The molecule has 15 amide bonds. The maximum absolute atomic E-state index is 14.6. The van der Waals surface area contributed by atoms with E-state index < -0.39 is 239 Å². The summed E-state index contributed by atoms with van der Waals surface area (Å²) < 4.78 is 0. The number of H-pyrrole nitrogens is 1. The van der Waals surface area contributed by atoms with Crippen molar-refractivity contribution in [2.24, 2.45) is 11.5 Å². The third-order valence-corrected chi connectivity index (χ3v) is 15.3. The number of nitrogens with zero attached hydrogens (tertiary/aromatic N) is 1. The van der Waals surface area contributed by atoms with E-state index in [1.165, 1.54) is 4.90 Å². The van der Waals surface area contributed by atoms with Gasteiger partial charge < -0.3 is 137 Å². The standard InChI is InChI=1S/C59H92N18O24/c1-27(67-56(97)47(29(3)83)75-44(88)20-63-42(86)19-66-55(96)46(28(2)82)74-45(89)22-64-50(91)36(23-78)72-52(93)37(24-79)68-41(85)17-61)49(90)76-48(30(4)84)57(98)71-35(16-31-18-62-33-11-6-5-10-32(31)33)51(92)70-34(12-7-8-14-60)58(99)77-15-9-13-40(77)54(95)65-21-43(87)69-38(25-80)53(94)73-39(26-81)59(100)101/h5-6,10-11,18,27-30,34-40,46-48,62,78-84H,7-9,12-17,19-26,60-61H2,1-4H3,(H,63,86)(H,64,91)(H,65,95)(H,66,96)(H,67,97)(H,68,85)(H,69,87)(H,70,92)(H,71,98)(H,72,93)(H,73,94)(H,74,89)(H,75,88)(H,76,90)(H,100,101)/t27-,28+,29+,30+,34-,35-,36-,37-,38-,39-,40-,46-,47-,48-/m0/s1. The molecule has 0 saturated carbocycles. The average Bonchev–Trinajstić information content (AvgIpc) is 1.77. The summed E-state index contributed by atoms with van der Waals surface area (Å²) >= 11 is 0. The summed E-state index contributed by atoms with van der Waals surface area (Å²) in [6.07, 6.45) is -2.70. The molecule has 0 aliphatic carbocycles. The van der Waals surface area contributed by atoms with Gasteiger partial charge in [-0.25, -0.2) is 4.79 Å². The Hall–Kier alpha value is -10.1. The van der Waals surface area contributed by atoms with Gasteiger partial charge in [-0.1, -0.05) is 18.2 Å². The first-order chi connectivity index (χ1) is 47.7. The number of benzene rings is 1. The number of carbonyl (C=O) groups is 16. The van der Waals surface area contributed by atoms with Crippen molar-refractivity contribution in [2.45, 2.75) is 151 Å². The number of para-hydroxylation sites is 1. The van der Waals surface area contributed by atoms with Crippen LogP contribution in [-0.4, -0.2) is 302 Å². The van der Waals surface area contributed by atoms with Gasteiger partial charge in [-0.15, -0.1) is 0 Å². The van der Waals surface area contributed by atoms with Crippen LogP contribution < -0.4 is 85.9 Å². The monoisotopic (exact) mass is 1440 g/mol. The van der Waals surface area contributed by atoms with Crippen molar-refractivity contribution < 1.29 is 118 Å². The number of aliphatic hydroxyl groups excluding tert-OH is 7. The van der Waals surface area contributed by atoms with Crippen LogP contribution in [0.5, 0.6) is 0 Å². The number of rotatable bonds is 43. The zero-order valence-electron chi connectivity index (χ0n) is 55.7. The van der Waals surface area contributed by atoms with Gasteiger partial charge in [-0.2, -0.15) is 0 Å². The molecule has 1 fully saturated rings. The highest BCUT2D eigenvalue weighted by Gasteiger charge is 2.40. The second-order valence-corrected chi connectivity index (χ2v) is 23.3. The van der Waals surface area contributed by atoms with E-state index in [1.807, 2.05) is 5.32 Å². The van der Waals surface area contributed by atoms with Gasteiger partial charge in [0.15, 0.2) is 0 Å². The number of amides is 15. The second-order valence-electron chi connectivity index (χ2n) is 23.3. The highest BCUT2D eigenvalue weighted by Crippen LogP contribution is 2.22.